The molecule has 9 nitrogen and oxygen atoms in total. The van der Waals surface area contributed by atoms with Crippen LogP contribution in [0.25, 0.3) is 0 Å². The summed E-state index contributed by atoms with van der Waals surface area (Å²) < 4.78 is 52.8. The maximum absolute atomic E-state index is 15.1. The Morgan fingerprint density at radius 1 is 1.03 bits per heavy atom. The molecule has 2 aliphatic rings. The molecule has 0 spiro atoms. The monoisotopic (exact) mass is 679 g/mol. The molecule has 2 aliphatic heterocycles. The van der Waals surface area contributed by atoms with Gasteiger partial charge in [0.2, 0.25) is 3.79 Å². The number of hydrogen-bond acceptors (Lipinski definition) is 6. The van der Waals surface area contributed by atoms with Gasteiger partial charge in [0, 0.05) is 26.2 Å². The molecule has 2 fully saturated rings. The Labute approximate surface area is 249 Å². The van der Waals surface area contributed by atoms with Crippen LogP contribution in [0.2, 0.25) is 0 Å². The third-order valence-electron chi connectivity index (χ3n) is 5.72. The summed E-state index contributed by atoms with van der Waals surface area (Å²) in [6, 6.07) is 3.93. The Balaban J connectivity index is 1.62. The Morgan fingerprint density at radius 2 is 1.64 bits per heavy atom. The van der Waals surface area contributed by atoms with E-state index < -0.39 is 56.3 Å². The van der Waals surface area contributed by atoms with Crippen molar-refractivity contribution < 1.29 is 36.7 Å². The van der Waals surface area contributed by atoms with Crippen molar-refractivity contribution >= 4 is 98.9 Å². The number of halogens is 10. The van der Waals surface area contributed by atoms with Crippen molar-refractivity contribution in [1.29, 1.82) is 0 Å². The number of carbonyl (C=O) groups is 3. The molecule has 19 heteroatoms. The average molecular weight is 682 g/mol. The predicted octanol–water partition coefficient (Wildman–Crippen LogP) is 4.13. The van der Waals surface area contributed by atoms with Crippen LogP contribution in [-0.4, -0.2) is 88.1 Å². The molecule has 0 radical (unpaired) electrons. The van der Waals surface area contributed by atoms with Crippen molar-refractivity contribution in [2.24, 2.45) is 0 Å². The van der Waals surface area contributed by atoms with Crippen LogP contribution in [0.15, 0.2) is 18.2 Å². The van der Waals surface area contributed by atoms with Crippen molar-refractivity contribution in [2.45, 2.75) is 26.0 Å². The van der Waals surface area contributed by atoms with Gasteiger partial charge < -0.3 is 20.3 Å². The Bertz CT molecular complexity index is 1100. The van der Waals surface area contributed by atoms with Gasteiger partial charge in [-0.1, -0.05) is 69.6 Å². The van der Waals surface area contributed by atoms with Crippen molar-refractivity contribution in [3.05, 3.63) is 24.0 Å². The van der Waals surface area contributed by atoms with E-state index in [-0.39, 0.29) is 44.1 Å². The van der Waals surface area contributed by atoms with E-state index in [0.717, 1.165) is 11.0 Å². The van der Waals surface area contributed by atoms with E-state index in [1.54, 1.807) is 15.1 Å². The summed E-state index contributed by atoms with van der Waals surface area (Å²) in [6.45, 7) is 0.136. The molecule has 2 N–H and O–H groups in total. The van der Waals surface area contributed by atoms with Crippen LogP contribution in [0.5, 0.6) is 0 Å². The van der Waals surface area contributed by atoms with Crippen LogP contribution in [0.1, 0.15) is 0 Å². The van der Waals surface area contributed by atoms with Crippen molar-refractivity contribution in [2.75, 3.05) is 49.1 Å². The lowest BCUT2D eigenvalue weighted by Gasteiger charge is -2.42. The summed E-state index contributed by atoms with van der Waals surface area (Å²) >= 11 is 34.8. The highest BCUT2D eigenvalue weighted by Crippen LogP contribution is 2.35. The lowest BCUT2D eigenvalue weighted by atomic mass is 10.2. The van der Waals surface area contributed by atoms with Gasteiger partial charge in [0.25, 0.3) is 9.70 Å². The van der Waals surface area contributed by atoms with E-state index in [4.69, 9.17) is 74.3 Å². The Kier molecular flexibility index (Phi) is 10.1. The molecular formula is C20H19Cl6F4N5O4. The van der Waals surface area contributed by atoms with Crippen molar-refractivity contribution in [1.82, 2.24) is 15.5 Å². The van der Waals surface area contributed by atoms with Gasteiger partial charge in [-0.2, -0.15) is 13.2 Å². The fraction of sp³-hybridized carbons (Fsp3) is 0.550. The first kappa shape index (κ1) is 32.2. The summed E-state index contributed by atoms with van der Waals surface area (Å²) in [5.41, 5.74) is 0.297. The van der Waals surface area contributed by atoms with E-state index in [9.17, 15) is 27.6 Å². The van der Waals surface area contributed by atoms with Gasteiger partial charge in [-0.3, -0.25) is 19.4 Å². The number of hydrogen-bond donors (Lipinski definition) is 2. The quantitative estimate of drug-likeness (QED) is 0.347. The Hall–Kier alpha value is -1.35. The summed E-state index contributed by atoms with van der Waals surface area (Å²) in [4.78, 5) is 39.6. The van der Waals surface area contributed by atoms with Gasteiger partial charge in [0.05, 0.1) is 24.5 Å². The van der Waals surface area contributed by atoms with E-state index in [1.165, 1.54) is 12.1 Å². The molecule has 39 heavy (non-hydrogen) atoms. The molecule has 0 bridgehead atoms. The number of rotatable bonds is 6. The molecule has 0 saturated carbocycles. The number of alkyl halides is 9. The third-order valence-corrected chi connectivity index (χ3v) is 6.86. The molecular weight excluding hydrogens is 663 g/mol. The summed E-state index contributed by atoms with van der Waals surface area (Å²) in [5.74, 6) is -3.86. The van der Waals surface area contributed by atoms with Gasteiger partial charge in [0.1, 0.15) is 18.1 Å². The molecule has 0 aliphatic carbocycles. The second-order valence-corrected chi connectivity index (χ2v) is 13.0. The van der Waals surface area contributed by atoms with Gasteiger partial charge in [0.15, 0.2) is 0 Å². The van der Waals surface area contributed by atoms with E-state index >= 15 is 4.39 Å². The van der Waals surface area contributed by atoms with Gasteiger partial charge in [-0.25, -0.2) is 9.18 Å². The highest BCUT2D eigenvalue weighted by Gasteiger charge is 2.43. The first-order chi connectivity index (χ1) is 17.9. The minimum Gasteiger partial charge on any atom is -0.442 e. The molecule has 3 amide bonds. The largest absolute Gasteiger partial charge is 0.471 e. The fourth-order valence-electron chi connectivity index (χ4n) is 3.87. The zero-order valence-electron chi connectivity index (χ0n) is 19.4. The zero-order chi connectivity index (χ0) is 29.3. The topological polar surface area (TPSA) is 94.2 Å². The van der Waals surface area contributed by atoms with Crippen molar-refractivity contribution in [3.63, 3.8) is 0 Å². The lowest BCUT2D eigenvalue weighted by molar-refractivity contribution is -0.173. The predicted molar refractivity (Wildman–Crippen MR) is 139 cm³/mol. The zero-order valence-corrected chi connectivity index (χ0v) is 23.9. The van der Waals surface area contributed by atoms with Crippen LogP contribution in [0.4, 0.5) is 33.7 Å². The number of cyclic esters (lactones) is 1. The second kappa shape index (κ2) is 12.3. The number of anilines is 2. The van der Waals surface area contributed by atoms with E-state index in [0.29, 0.717) is 0 Å². The first-order valence-electron chi connectivity index (χ1n) is 10.9. The number of nitrogens with one attached hydrogen (secondary N) is 2. The van der Waals surface area contributed by atoms with E-state index in [1.807, 2.05) is 0 Å². The molecule has 1 aromatic carbocycles. The number of benzene rings is 1. The minimum absolute atomic E-state index is 0.107. The van der Waals surface area contributed by atoms with Gasteiger partial charge in [-0.05, 0) is 18.2 Å². The highest BCUT2D eigenvalue weighted by molar-refractivity contribution is 6.76. The van der Waals surface area contributed by atoms with Gasteiger partial charge >= 0.3 is 18.2 Å². The summed E-state index contributed by atoms with van der Waals surface area (Å²) in [6.07, 6.45) is -8.20. The van der Waals surface area contributed by atoms with Crippen LogP contribution >= 0.6 is 69.6 Å². The smallest absolute Gasteiger partial charge is 0.442 e. The van der Waals surface area contributed by atoms with Crippen LogP contribution in [-0.2, 0) is 14.3 Å². The number of piperazine rings is 1. The minimum atomic E-state index is -5.08. The van der Waals surface area contributed by atoms with Crippen molar-refractivity contribution in [3.8, 4) is 0 Å². The second-order valence-electron chi connectivity index (χ2n) is 8.40. The number of amides is 3. The maximum atomic E-state index is 15.1. The standard InChI is InChI=1S/C20H19Cl6F4N5O4/c21-18(22,23)14(32-15(36)19(24,25)26)34-5-3-33(4-6-34)13-2-1-10(7-12(13)27)35-9-11(39-17(35)38)8-31-16(37)20(28,29)30/h1-2,7,11,14H,3-6,8-9H2,(H,31,37)(H,32,36)/t11-,14?/m0/s1. The van der Waals surface area contributed by atoms with Gasteiger partial charge in [-0.15, -0.1) is 0 Å². The first-order valence-corrected chi connectivity index (χ1v) is 13.2. The molecule has 1 unspecified atom stereocenters. The number of nitrogens with zero attached hydrogens (tertiary/aromatic N) is 3. The average Bonchev–Trinajstić information content (AvgIpc) is 3.19. The molecule has 1 aromatic rings. The summed E-state index contributed by atoms with van der Waals surface area (Å²) in [7, 11) is 0. The lowest BCUT2D eigenvalue weighted by Crippen LogP contribution is -2.62. The molecule has 3 rings (SSSR count). The third kappa shape index (κ3) is 8.34. The highest BCUT2D eigenvalue weighted by atomic mass is 35.6. The van der Waals surface area contributed by atoms with Crippen LogP contribution in [0.3, 0.4) is 0 Å². The number of carbonyl (C=O) groups excluding carboxylic acids is 3. The normalized spacial score (nSPS) is 20.1. The molecule has 2 saturated heterocycles. The number of ether oxygens (including phenoxy) is 1. The molecule has 0 aromatic heterocycles. The molecule has 2 atom stereocenters. The SMILES string of the molecule is O=C1O[C@@H](CNC(=O)C(F)(F)F)CN1c1ccc(N2CCN(C(NC(=O)C(Cl)(Cl)Cl)C(Cl)(Cl)Cl)CC2)c(F)c1. The summed E-state index contributed by atoms with van der Waals surface area (Å²) in [5, 5.41) is 4.01. The molecule has 218 valence electrons. The van der Waals surface area contributed by atoms with E-state index in [2.05, 4.69) is 5.32 Å². The van der Waals surface area contributed by atoms with Crippen LogP contribution in [0, 0.1) is 5.82 Å². The maximum Gasteiger partial charge on any atom is 0.471 e. The van der Waals surface area contributed by atoms with Crippen LogP contribution < -0.4 is 20.4 Å². The fourth-order valence-corrected chi connectivity index (χ4v) is 4.61. The molecule has 2 heterocycles. The Morgan fingerprint density at radius 3 is 2.15 bits per heavy atom.